The maximum absolute atomic E-state index is 4.92. The summed E-state index contributed by atoms with van der Waals surface area (Å²) in [6.45, 7) is 0.834. The van der Waals surface area contributed by atoms with Gasteiger partial charge < -0.3 is 0 Å². The zero-order valence-corrected chi connectivity index (χ0v) is 7.88. The van der Waals surface area contributed by atoms with Crippen LogP contribution in [0, 0.1) is 0 Å². The Labute approximate surface area is 67.6 Å². The van der Waals surface area contributed by atoms with E-state index >= 15 is 0 Å². The van der Waals surface area contributed by atoms with Crippen LogP contribution >= 0.6 is 11.3 Å². The van der Waals surface area contributed by atoms with E-state index in [-0.39, 0.29) is 0 Å². The Morgan fingerprint density at radius 3 is 3.11 bits per heavy atom. The van der Waals surface area contributed by atoms with Crippen LogP contribution in [0.2, 0.25) is 0 Å². The van der Waals surface area contributed by atoms with E-state index in [1.54, 1.807) is 28.2 Å². The molecule has 9 heavy (non-hydrogen) atoms. The van der Waals surface area contributed by atoms with E-state index in [1.807, 2.05) is 0 Å². The van der Waals surface area contributed by atoms with E-state index in [9.17, 15) is 0 Å². The van der Waals surface area contributed by atoms with Gasteiger partial charge in [0.1, 0.15) is 0 Å². The summed E-state index contributed by atoms with van der Waals surface area (Å²) < 4.78 is 4.92. The zero-order valence-electron chi connectivity index (χ0n) is 4.96. The molecule has 3 radical (unpaired) electrons. The van der Waals surface area contributed by atoms with E-state index in [4.69, 9.17) is 3.76 Å². The minimum absolute atomic E-state index is 0.834. The summed E-state index contributed by atoms with van der Waals surface area (Å²) in [6, 6.07) is 4.19. The molecular weight excluding hydrogens is 193 g/mol. The molecule has 0 saturated carbocycles. The molecule has 0 spiro atoms. The Hall–Kier alpha value is 0.203. The molecule has 1 aromatic heterocycles. The Bertz CT molecular complexity index is 150. The average Bonchev–Trinajstić information content (AvgIpc) is 2.34. The summed E-state index contributed by atoms with van der Waals surface area (Å²) in [5.74, 6) is 0. The SMILES string of the molecule is [Ge][O]CCc1cccs1. The van der Waals surface area contributed by atoms with Crippen molar-refractivity contribution in [3.05, 3.63) is 22.4 Å². The summed E-state index contributed by atoms with van der Waals surface area (Å²) in [6.07, 6.45) is 1.05. The van der Waals surface area contributed by atoms with Crippen LogP contribution in [0.15, 0.2) is 17.5 Å². The van der Waals surface area contributed by atoms with Crippen molar-refractivity contribution in [2.75, 3.05) is 6.61 Å². The van der Waals surface area contributed by atoms with Crippen LogP contribution < -0.4 is 0 Å². The number of rotatable bonds is 3. The van der Waals surface area contributed by atoms with Gasteiger partial charge in [0, 0.05) is 0 Å². The second-order valence-corrected chi connectivity index (χ2v) is 3.32. The van der Waals surface area contributed by atoms with Crippen LogP contribution in [-0.2, 0) is 10.2 Å². The maximum atomic E-state index is 4.92. The molecule has 1 rings (SSSR count). The van der Waals surface area contributed by atoms with Gasteiger partial charge in [-0.2, -0.15) is 0 Å². The predicted octanol–water partition coefficient (Wildman–Crippen LogP) is 1.39. The van der Waals surface area contributed by atoms with Crippen LogP contribution in [0.3, 0.4) is 0 Å². The molecule has 0 bridgehead atoms. The molecule has 0 saturated heterocycles. The molecule has 0 aliphatic carbocycles. The molecule has 3 heteroatoms. The molecule has 0 aliphatic rings. The molecule has 0 amide bonds. The second kappa shape index (κ2) is 4.09. The fraction of sp³-hybridized carbons (Fsp3) is 0.333. The number of hydrogen-bond acceptors (Lipinski definition) is 2. The summed E-state index contributed by atoms with van der Waals surface area (Å²) in [5, 5.41) is 2.09. The van der Waals surface area contributed by atoms with E-state index in [0.717, 1.165) is 13.0 Å². The standard InChI is InChI=1S/C6H7GeOS/c7-8-4-3-6-2-1-5-9-6/h1-2,5H,3-4H2. The third-order valence-electron chi connectivity index (χ3n) is 1.03. The monoisotopic (exact) mass is 201 g/mol. The number of thiophene rings is 1. The second-order valence-electron chi connectivity index (χ2n) is 1.68. The first kappa shape index (κ1) is 7.31. The Morgan fingerprint density at radius 1 is 1.67 bits per heavy atom. The molecule has 0 fully saturated rings. The molecule has 0 unspecified atom stereocenters. The van der Waals surface area contributed by atoms with Crippen molar-refractivity contribution in [3.63, 3.8) is 0 Å². The molecule has 0 atom stereocenters. The Balaban J connectivity index is 2.30. The number of hydrogen-bond donors (Lipinski definition) is 0. The van der Waals surface area contributed by atoms with E-state index in [2.05, 4.69) is 17.5 Å². The Morgan fingerprint density at radius 2 is 2.56 bits per heavy atom. The van der Waals surface area contributed by atoms with Crippen LogP contribution in [0.5, 0.6) is 0 Å². The van der Waals surface area contributed by atoms with Gasteiger partial charge in [-0.15, -0.1) is 0 Å². The molecule has 1 aromatic rings. The third kappa shape index (κ3) is 2.51. The van der Waals surface area contributed by atoms with Crippen LogP contribution in [0.25, 0.3) is 0 Å². The van der Waals surface area contributed by atoms with Gasteiger partial charge in [0.25, 0.3) is 0 Å². The Kier molecular flexibility index (Phi) is 3.32. The topological polar surface area (TPSA) is 9.23 Å². The minimum atomic E-state index is 0.834. The average molecular weight is 200 g/mol. The van der Waals surface area contributed by atoms with Gasteiger partial charge in [-0.05, 0) is 0 Å². The van der Waals surface area contributed by atoms with Gasteiger partial charge in [0.15, 0.2) is 0 Å². The summed E-state index contributed by atoms with van der Waals surface area (Å²) in [7, 11) is 0. The molecule has 0 N–H and O–H groups in total. The summed E-state index contributed by atoms with van der Waals surface area (Å²) in [4.78, 5) is 1.40. The molecule has 0 aromatic carbocycles. The fourth-order valence-corrected chi connectivity index (χ4v) is 1.51. The molecule has 1 heterocycles. The van der Waals surface area contributed by atoms with Gasteiger partial charge in [-0.1, -0.05) is 0 Å². The molecule has 47 valence electrons. The summed E-state index contributed by atoms with van der Waals surface area (Å²) >= 11 is 3.51. The van der Waals surface area contributed by atoms with Crippen molar-refractivity contribution in [1.82, 2.24) is 0 Å². The quantitative estimate of drug-likeness (QED) is 0.669. The normalized spacial score (nSPS) is 9.89. The zero-order chi connectivity index (χ0) is 6.53. The van der Waals surface area contributed by atoms with Crippen molar-refractivity contribution in [2.45, 2.75) is 6.42 Å². The fourth-order valence-electron chi connectivity index (χ4n) is 0.606. The van der Waals surface area contributed by atoms with Crippen LogP contribution in [0.4, 0.5) is 0 Å². The molecular formula is C6H7GeOS. The first-order valence-electron chi connectivity index (χ1n) is 2.74. The molecule has 0 aliphatic heterocycles. The van der Waals surface area contributed by atoms with Gasteiger partial charge in [-0.25, -0.2) is 0 Å². The third-order valence-corrected chi connectivity index (χ3v) is 2.40. The first-order valence-corrected chi connectivity index (χ1v) is 4.48. The van der Waals surface area contributed by atoms with Gasteiger partial charge in [0.2, 0.25) is 0 Å². The van der Waals surface area contributed by atoms with E-state index in [1.165, 1.54) is 4.88 Å². The van der Waals surface area contributed by atoms with Gasteiger partial charge >= 0.3 is 67.4 Å². The van der Waals surface area contributed by atoms with Gasteiger partial charge in [-0.3, -0.25) is 0 Å². The van der Waals surface area contributed by atoms with E-state index < -0.39 is 0 Å². The van der Waals surface area contributed by atoms with Gasteiger partial charge in [0.05, 0.1) is 0 Å². The predicted molar refractivity (Wildman–Crippen MR) is 39.7 cm³/mol. The van der Waals surface area contributed by atoms with E-state index in [0.29, 0.717) is 0 Å². The van der Waals surface area contributed by atoms with Crippen molar-refractivity contribution in [2.24, 2.45) is 0 Å². The van der Waals surface area contributed by atoms with Crippen molar-refractivity contribution < 1.29 is 3.76 Å². The van der Waals surface area contributed by atoms with Crippen molar-refractivity contribution in [3.8, 4) is 0 Å². The summed E-state index contributed by atoms with van der Waals surface area (Å²) in [5.41, 5.74) is 0. The first-order chi connectivity index (χ1) is 4.43. The van der Waals surface area contributed by atoms with Crippen molar-refractivity contribution in [1.29, 1.82) is 0 Å². The van der Waals surface area contributed by atoms with Crippen molar-refractivity contribution >= 4 is 28.2 Å². The van der Waals surface area contributed by atoms with Crippen LogP contribution in [0.1, 0.15) is 4.88 Å². The van der Waals surface area contributed by atoms with Crippen LogP contribution in [-0.4, -0.2) is 23.5 Å². The molecule has 1 nitrogen and oxygen atoms in total.